The molecule has 0 atom stereocenters. The second-order valence-corrected chi connectivity index (χ2v) is 6.36. The number of nitrogens with one attached hydrogen (secondary N) is 1. The fourth-order valence-electron chi connectivity index (χ4n) is 2.74. The zero-order valence-corrected chi connectivity index (χ0v) is 15.8. The van der Waals surface area contributed by atoms with Crippen molar-refractivity contribution in [2.45, 2.75) is 13.8 Å². The molecule has 0 fully saturated rings. The molecule has 3 aromatic rings. The molecule has 0 unspecified atom stereocenters. The summed E-state index contributed by atoms with van der Waals surface area (Å²) in [6.45, 7) is 3.29. The summed E-state index contributed by atoms with van der Waals surface area (Å²) in [6, 6.07) is 14.3. The zero-order chi connectivity index (χ0) is 21.0. The van der Waals surface area contributed by atoms with E-state index in [4.69, 9.17) is 9.15 Å². The minimum absolute atomic E-state index is 0.0464. The number of nitrogens with zero attached hydrogens (tertiary/aromatic N) is 1. The van der Waals surface area contributed by atoms with Crippen LogP contribution >= 0.6 is 0 Å². The van der Waals surface area contributed by atoms with E-state index in [1.54, 1.807) is 6.07 Å². The van der Waals surface area contributed by atoms with E-state index in [9.17, 15) is 19.7 Å². The lowest BCUT2D eigenvalue weighted by Gasteiger charge is -2.11. The van der Waals surface area contributed by atoms with Crippen LogP contribution in [0, 0.1) is 24.0 Å². The average Bonchev–Trinajstić information content (AvgIpc) is 3.19. The molecule has 0 aliphatic rings. The summed E-state index contributed by atoms with van der Waals surface area (Å²) in [5, 5.41) is 13.4. The Morgan fingerprint density at radius 2 is 1.69 bits per heavy atom. The Balaban J connectivity index is 1.60. The standard InChI is InChI=1S/C21H18N2O6/c1-13-4-3-5-14(2)20(13)22-19(24)12-28-21(25)18-11-10-17(29-18)15-6-8-16(9-7-15)23(26)27/h3-11H,12H2,1-2H3,(H,22,24). The van der Waals surface area contributed by atoms with Gasteiger partial charge in [0, 0.05) is 23.4 Å². The van der Waals surface area contributed by atoms with Crippen LogP contribution in [0.4, 0.5) is 11.4 Å². The summed E-state index contributed by atoms with van der Waals surface area (Å²) in [5.74, 6) is -0.960. The Morgan fingerprint density at radius 1 is 1.03 bits per heavy atom. The van der Waals surface area contributed by atoms with Gasteiger partial charge in [-0.1, -0.05) is 18.2 Å². The number of non-ortho nitro benzene ring substituents is 1. The molecule has 0 aliphatic heterocycles. The number of hydrogen-bond donors (Lipinski definition) is 1. The summed E-state index contributed by atoms with van der Waals surface area (Å²) in [4.78, 5) is 34.4. The molecule has 1 amide bonds. The van der Waals surface area contributed by atoms with Crippen molar-refractivity contribution >= 4 is 23.3 Å². The first-order valence-electron chi connectivity index (χ1n) is 8.73. The molecule has 1 N–H and O–H groups in total. The Hall–Kier alpha value is -3.94. The SMILES string of the molecule is Cc1cccc(C)c1NC(=O)COC(=O)c1ccc(-c2ccc([N+](=O)[O-])cc2)o1. The Bertz CT molecular complexity index is 1050. The van der Waals surface area contributed by atoms with Crippen molar-refractivity contribution in [1.82, 2.24) is 0 Å². The number of amides is 1. The Kier molecular flexibility index (Phi) is 5.73. The molecule has 0 aliphatic carbocycles. The quantitative estimate of drug-likeness (QED) is 0.380. The van der Waals surface area contributed by atoms with E-state index in [1.807, 2.05) is 32.0 Å². The molecule has 29 heavy (non-hydrogen) atoms. The molecule has 0 spiro atoms. The van der Waals surface area contributed by atoms with Gasteiger partial charge in [0.2, 0.25) is 5.76 Å². The maximum Gasteiger partial charge on any atom is 0.374 e. The summed E-state index contributed by atoms with van der Waals surface area (Å²) in [6.07, 6.45) is 0. The van der Waals surface area contributed by atoms with Crippen LogP contribution in [-0.2, 0) is 9.53 Å². The van der Waals surface area contributed by atoms with Crippen LogP contribution in [0.2, 0.25) is 0 Å². The predicted octanol–water partition coefficient (Wildman–Crippen LogP) is 4.27. The highest BCUT2D eigenvalue weighted by Crippen LogP contribution is 2.25. The third kappa shape index (κ3) is 4.67. The summed E-state index contributed by atoms with van der Waals surface area (Å²) < 4.78 is 10.5. The number of carbonyl (C=O) groups is 2. The minimum atomic E-state index is -0.783. The van der Waals surface area contributed by atoms with Gasteiger partial charge in [-0.05, 0) is 49.2 Å². The van der Waals surface area contributed by atoms with Crippen molar-refractivity contribution in [1.29, 1.82) is 0 Å². The number of furan rings is 1. The maximum absolute atomic E-state index is 12.1. The number of carbonyl (C=O) groups excluding carboxylic acids is 2. The molecule has 2 aromatic carbocycles. The Morgan fingerprint density at radius 3 is 2.31 bits per heavy atom. The van der Waals surface area contributed by atoms with Gasteiger partial charge in [0.1, 0.15) is 5.76 Å². The van der Waals surface area contributed by atoms with Gasteiger partial charge in [-0.3, -0.25) is 14.9 Å². The van der Waals surface area contributed by atoms with Crippen molar-refractivity contribution in [3.63, 3.8) is 0 Å². The number of benzene rings is 2. The van der Waals surface area contributed by atoms with Crippen LogP contribution in [-0.4, -0.2) is 23.4 Å². The van der Waals surface area contributed by atoms with Crippen LogP contribution in [0.25, 0.3) is 11.3 Å². The molecule has 0 bridgehead atoms. The van der Waals surface area contributed by atoms with Crippen LogP contribution in [0.1, 0.15) is 21.7 Å². The van der Waals surface area contributed by atoms with E-state index in [0.717, 1.165) is 11.1 Å². The monoisotopic (exact) mass is 394 g/mol. The fraction of sp³-hybridized carbons (Fsp3) is 0.143. The number of nitro benzene ring substituents is 1. The second kappa shape index (κ2) is 8.39. The number of anilines is 1. The van der Waals surface area contributed by atoms with Gasteiger partial charge in [-0.25, -0.2) is 4.79 Å². The van der Waals surface area contributed by atoms with Crippen LogP contribution < -0.4 is 5.32 Å². The molecule has 0 saturated carbocycles. The van der Waals surface area contributed by atoms with Gasteiger partial charge in [0.15, 0.2) is 6.61 Å². The normalized spacial score (nSPS) is 10.4. The van der Waals surface area contributed by atoms with Crippen molar-refractivity contribution in [2.75, 3.05) is 11.9 Å². The first-order chi connectivity index (χ1) is 13.8. The third-order valence-electron chi connectivity index (χ3n) is 4.25. The lowest BCUT2D eigenvalue weighted by Crippen LogP contribution is -2.21. The minimum Gasteiger partial charge on any atom is -0.450 e. The molecular weight excluding hydrogens is 376 g/mol. The van der Waals surface area contributed by atoms with Crippen LogP contribution in [0.5, 0.6) is 0 Å². The summed E-state index contributed by atoms with van der Waals surface area (Å²) in [5.41, 5.74) is 3.02. The number of esters is 1. The fourth-order valence-corrected chi connectivity index (χ4v) is 2.74. The number of rotatable bonds is 6. The maximum atomic E-state index is 12.1. The number of hydrogen-bond acceptors (Lipinski definition) is 6. The Labute approximate surface area is 166 Å². The highest BCUT2D eigenvalue weighted by atomic mass is 16.6. The molecule has 0 saturated heterocycles. The number of nitro groups is 1. The predicted molar refractivity (Wildman–Crippen MR) is 106 cm³/mol. The second-order valence-electron chi connectivity index (χ2n) is 6.36. The topological polar surface area (TPSA) is 112 Å². The van der Waals surface area contributed by atoms with E-state index in [-0.39, 0.29) is 11.4 Å². The van der Waals surface area contributed by atoms with Gasteiger partial charge in [0.05, 0.1) is 4.92 Å². The van der Waals surface area contributed by atoms with Crippen molar-refractivity contribution in [3.8, 4) is 11.3 Å². The van der Waals surface area contributed by atoms with E-state index < -0.39 is 23.4 Å². The highest BCUT2D eigenvalue weighted by molar-refractivity contribution is 5.95. The van der Waals surface area contributed by atoms with Crippen LogP contribution in [0.15, 0.2) is 59.0 Å². The molecule has 0 radical (unpaired) electrons. The molecule has 1 heterocycles. The molecule has 3 rings (SSSR count). The van der Waals surface area contributed by atoms with Crippen molar-refractivity contribution in [3.05, 3.63) is 81.6 Å². The molecule has 148 valence electrons. The lowest BCUT2D eigenvalue weighted by molar-refractivity contribution is -0.384. The molecule has 8 nitrogen and oxygen atoms in total. The number of para-hydroxylation sites is 1. The lowest BCUT2D eigenvalue weighted by atomic mass is 10.1. The van der Waals surface area contributed by atoms with Gasteiger partial charge >= 0.3 is 5.97 Å². The van der Waals surface area contributed by atoms with E-state index >= 15 is 0 Å². The summed E-state index contributed by atoms with van der Waals surface area (Å²) in [7, 11) is 0. The van der Waals surface area contributed by atoms with Gasteiger partial charge in [-0.15, -0.1) is 0 Å². The van der Waals surface area contributed by atoms with Crippen molar-refractivity contribution in [2.24, 2.45) is 0 Å². The molecular formula is C21H18N2O6. The third-order valence-corrected chi connectivity index (χ3v) is 4.25. The van der Waals surface area contributed by atoms with E-state index in [2.05, 4.69) is 5.32 Å². The largest absolute Gasteiger partial charge is 0.450 e. The van der Waals surface area contributed by atoms with Gasteiger partial charge in [-0.2, -0.15) is 0 Å². The average molecular weight is 394 g/mol. The summed E-state index contributed by atoms with van der Waals surface area (Å²) >= 11 is 0. The number of aryl methyl sites for hydroxylation is 2. The van der Waals surface area contributed by atoms with E-state index in [1.165, 1.54) is 30.3 Å². The molecule has 8 heteroatoms. The zero-order valence-electron chi connectivity index (χ0n) is 15.8. The number of ether oxygens (including phenoxy) is 1. The highest BCUT2D eigenvalue weighted by Gasteiger charge is 2.16. The van der Waals surface area contributed by atoms with Crippen molar-refractivity contribution < 1.29 is 23.7 Å². The smallest absolute Gasteiger partial charge is 0.374 e. The van der Waals surface area contributed by atoms with E-state index in [0.29, 0.717) is 17.0 Å². The first-order valence-corrected chi connectivity index (χ1v) is 8.73. The molecule has 1 aromatic heterocycles. The first kappa shape index (κ1) is 19.8. The van der Waals surface area contributed by atoms with Gasteiger partial charge < -0.3 is 14.5 Å². The van der Waals surface area contributed by atoms with Gasteiger partial charge in [0.25, 0.3) is 11.6 Å². The van der Waals surface area contributed by atoms with Crippen LogP contribution in [0.3, 0.4) is 0 Å².